The maximum atomic E-state index is 12.1. The molecule has 0 saturated heterocycles. The first-order chi connectivity index (χ1) is 9.96. The van der Waals surface area contributed by atoms with Gasteiger partial charge in [-0.05, 0) is 18.1 Å². The Morgan fingerprint density at radius 1 is 1.14 bits per heavy atom. The van der Waals surface area contributed by atoms with Gasteiger partial charge in [0.2, 0.25) is 10.0 Å². The quantitative estimate of drug-likeness (QED) is 0.653. The summed E-state index contributed by atoms with van der Waals surface area (Å²) in [7, 11) is -3.51. The molecule has 0 radical (unpaired) electrons. The van der Waals surface area contributed by atoms with Crippen molar-refractivity contribution in [2.24, 2.45) is 5.92 Å². The molecule has 0 aliphatic heterocycles. The molecule has 0 aliphatic carbocycles. The van der Waals surface area contributed by atoms with Crippen LogP contribution in [-0.4, -0.2) is 32.7 Å². The van der Waals surface area contributed by atoms with Crippen LogP contribution in [0.15, 0.2) is 29.2 Å². The van der Waals surface area contributed by atoms with Crippen molar-refractivity contribution < 1.29 is 13.5 Å². The number of hydrogen-bond donors (Lipinski definition) is 3. The Hall–Kier alpha value is -1.11. The van der Waals surface area contributed by atoms with E-state index in [1.54, 1.807) is 31.2 Å². The van der Waals surface area contributed by atoms with E-state index < -0.39 is 16.1 Å². The van der Waals surface area contributed by atoms with Gasteiger partial charge in [-0.15, -0.1) is 0 Å². The molecule has 0 fully saturated rings. The molecule has 1 rings (SSSR count). The average molecular weight is 314 g/mol. The van der Waals surface area contributed by atoms with Crippen LogP contribution in [0.25, 0.3) is 0 Å². The van der Waals surface area contributed by atoms with Crippen molar-refractivity contribution in [3.8, 4) is 0 Å². The second-order valence-electron chi connectivity index (χ2n) is 5.02. The lowest BCUT2D eigenvalue weighted by Gasteiger charge is -2.21. The average Bonchev–Trinajstić information content (AvgIpc) is 2.46. The number of rotatable bonds is 9. The fourth-order valence-electron chi connectivity index (χ4n) is 2.33. The summed E-state index contributed by atoms with van der Waals surface area (Å²) in [6.07, 6.45) is 1.31. The van der Waals surface area contributed by atoms with Crippen LogP contribution in [0.1, 0.15) is 33.6 Å². The minimum absolute atomic E-state index is 0.212. The highest BCUT2D eigenvalue weighted by molar-refractivity contribution is 7.89. The van der Waals surface area contributed by atoms with Gasteiger partial charge in [0, 0.05) is 13.1 Å². The molecule has 0 spiro atoms. The third-order valence-corrected chi connectivity index (χ3v) is 5.21. The van der Waals surface area contributed by atoms with Gasteiger partial charge < -0.3 is 10.4 Å². The van der Waals surface area contributed by atoms with Crippen molar-refractivity contribution in [1.29, 1.82) is 0 Å². The van der Waals surface area contributed by atoms with Gasteiger partial charge in [0.05, 0.1) is 11.8 Å². The summed E-state index contributed by atoms with van der Waals surface area (Å²) < 4.78 is 26.7. The molecule has 0 bridgehead atoms. The zero-order valence-corrected chi connectivity index (χ0v) is 13.8. The lowest BCUT2D eigenvalue weighted by Crippen LogP contribution is -2.29. The van der Waals surface area contributed by atoms with Crippen molar-refractivity contribution >= 4 is 15.7 Å². The molecule has 1 aromatic carbocycles. The zero-order valence-electron chi connectivity index (χ0n) is 13.0. The molecule has 1 unspecified atom stereocenters. The molecule has 5 nitrogen and oxygen atoms in total. The van der Waals surface area contributed by atoms with E-state index in [9.17, 15) is 13.5 Å². The summed E-state index contributed by atoms with van der Waals surface area (Å²) in [6, 6.07) is 6.73. The predicted molar refractivity (Wildman–Crippen MR) is 85.9 cm³/mol. The SMILES string of the molecule is CCNS(=O)(=O)c1ccccc1NCC(O)C(CC)CC. The van der Waals surface area contributed by atoms with Crippen molar-refractivity contribution in [2.45, 2.75) is 44.6 Å². The summed E-state index contributed by atoms with van der Waals surface area (Å²) in [5.74, 6) is 0.218. The van der Waals surface area contributed by atoms with Gasteiger partial charge in [0.25, 0.3) is 0 Å². The minimum atomic E-state index is -3.51. The number of aliphatic hydroxyl groups is 1. The predicted octanol–water partition coefficient (Wildman–Crippen LogP) is 2.19. The Morgan fingerprint density at radius 3 is 2.33 bits per heavy atom. The maximum absolute atomic E-state index is 12.1. The van der Waals surface area contributed by atoms with Crippen LogP contribution in [-0.2, 0) is 10.0 Å². The first-order valence-corrected chi connectivity index (χ1v) is 8.95. The molecular formula is C15H26N2O3S. The van der Waals surface area contributed by atoms with E-state index in [-0.39, 0.29) is 10.8 Å². The Labute approximate surface area is 127 Å². The van der Waals surface area contributed by atoms with Crippen molar-refractivity contribution in [3.63, 3.8) is 0 Å². The number of aliphatic hydroxyl groups excluding tert-OH is 1. The fourth-order valence-corrected chi connectivity index (χ4v) is 3.55. The molecular weight excluding hydrogens is 288 g/mol. The summed E-state index contributed by atoms with van der Waals surface area (Å²) in [5.41, 5.74) is 0.517. The van der Waals surface area contributed by atoms with Crippen molar-refractivity contribution in [2.75, 3.05) is 18.4 Å². The number of para-hydroxylation sites is 1. The molecule has 0 saturated carbocycles. The van der Waals surface area contributed by atoms with Crippen molar-refractivity contribution in [3.05, 3.63) is 24.3 Å². The van der Waals surface area contributed by atoms with Crippen LogP contribution < -0.4 is 10.0 Å². The van der Waals surface area contributed by atoms with Gasteiger partial charge in [0.1, 0.15) is 4.90 Å². The normalized spacial score (nSPS) is 13.4. The number of benzene rings is 1. The van der Waals surface area contributed by atoms with Gasteiger partial charge in [0.15, 0.2) is 0 Å². The van der Waals surface area contributed by atoms with Crippen molar-refractivity contribution in [1.82, 2.24) is 4.72 Å². The van der Waals surface area contributed by atoms with Gasteiger partial charge in [-0.2, -0.15) is 0 Å². The van der Waals surface area contributed by atoms with E-state index >= 15 is 0 Å². The fraction of sp³-hybridized carbons (Fsp3) is 0.600. The lowest BCUT2D eigenvalue weighted by molar-refractivity contribution is 0.114. The summed E-state index contributed by atoms with van der Waals surface area (Å²) >= 11 is 0. The highest BCUT2D eigenvalue weighted by atomic mass is 32.2. The molecule has 0 heterocycles. The summed E-state index contributed by atoms with van der Waals surface area (Å²) in [5, 5.41) is 13.2. The Bertz CT molecular complexity index is 527. The summed E-state index contributed by atoms with van der Waals surface area (Å²) in [4.78, 5) is 0.212. The van der Waals surface area contributed by atoms with Crippen LogP contribution in [0.3, 0.4) is 0 Å². The van der Waals surface area contributed by atoms with Crippen LogP contribution in [0.2, 0.25) is 0 Å². The number of anilines is 1. The standard InChI is InChI=1S/C15H26N2O3S/c1-4-12(5-2)14(18)11-16-13-9-7-8-10-15(13)21(19,20)17-6-3/h7-10,12,14,16-18H,4-6,11H2,1-3H3. The van der Waals surface area contributed by atoms with E-state index in [1.807, 2.05) is 13.8 Å². The number of sulfonamides is 1. The van der Waals surface area contributed by atoms with Crippen LogP contribution in [0.4, 0.5) is 5.69 Å². The Morgan fingerprint density at radius 2 is 1.76 bits per heavy atom. The second-order valence-corrected chi connectivity index (χ2v) is 6.76. The van der Waals surface area contributed by atoms with Gasteiger partial charge in [-0.25, -0.2) is 13.1 Å². The first-order valence-electron chi connectivity index (χ1n) is 7.46. The van der Waals surface area contributed by atoms with E-state index in [1.165, 1.54) is 0 Å². The highest BCUT2D eigenvalue weighted by Gasteiger charge is 2.19. The summed E-state index contributed by atoms with van der Waals surface area (Å²) in [6.45, 7) is 6.50. The third kappa shape index (κ3) is 4.98. The molecule has 0 amide bonds. The minimum Gasteiger partial charge on any atom is -0.391 e. The maximum Gasteiger partial charge on any atom is 0.242 e. The van der Waals surface area contributed by atoms with Gasteiger partial charge in [-0.1, -0.05) is 45.7 Å². The molecule has 0 aliphatic rings. The third-order valence-electron chi connectivity index (χ3n) is 3.61. The van der Waals surface area contributed by atoms with Gasteiger partial charge in [-0.3, -0.25) is 0 Å². The highest BCUT2D eigenvalue weighted by Crippen LogP contribution is 2.21. The molecule has 120 valence electrons. The Kier molecular flexibility index (Phi) is 7.14. The molecule has 6 heteroatoms. The molecule has 3 N–H and O–H groups in total. The zero-order chi connectivity index (χ0) is 15.9. The smallest absolute Gasteiger partial charge is 0.242 e. The van der Waals surface area contributed by atoms with E-state index in [0.29, 0.717) is 18.8 Å². The van der Waals surface area contributed by atoms with Crippen LogP contribution in [0, 0.1) is 5.92 Å². The van der Waals surface area contributed by atoms with Crippen LogP contribution in [0.5, 0.6) is 0 Å². The van der Waals surface area contributed by atoms with Crippen LogP contribution >= 0.6 is 0 Å². The molecule has 0 aromatic heterocycles. The monoisotopic (exact) mass is 314 g/mol. The molecule has 1 aromatic rings. The molecule has 1 atom stereocenters. The Balaban J connectivity index is 2.86. The van der Waals surface area contributed by atoms with Gasteiger partial charge >= 0.3 is 0 Å². The van der Waals surface area contributed by atoms with E-state index in [0.717, 1.165) is 12.8 Å². The number of nitrogens with one attached hydrogen (secondary N) is 2. The number of hydrogen-bond acceptors (Lipinski definition) is 4. The topological polar surface area (TPSA) is 78.4 Å². The first kappa shape index (κ1) is 17.9. The lowest BCUT2D eigenvalue weighted by atomic mass is 9.96. The van der Waals surface area contributed by atoms with E-state index in [4.69, 9.17) is 0 Å². The largest absolute Gasteiger partial charge is 0.391 e. The van der Waals surface area contributed by atoms with E-state index in [2.05, 4.69) is 10.0 Å². The molecule has 21 heavy (non-hydrogen) atoms. The second kappa shape index (κ2) is 8.36.